The molecule has 0 N–H and O–H groups in total. The van der Waals surface area contributed by atoms with Crippen LogP contribution in [0.2, 0.25) is 0 Å². The zero-order valence-corrected chi connectivity index (χ0v) is 8.84. The highest BCUT2D eigenvalue weighted by Crippen LogP contribution is 2.48. The van der Waals surface area contributed by atoms with Crippen molar-refractivity contribution in [3.05, 3.63) is 0 Å². The van der Waals surface area contributed by atoms with Gasteiger partial charge in [-0.2, -0.15) is 9.69 Å². The molecule has 0 saturated heterocycles. The molecule has 0 fully saturated rings. The van der Waals surface area contributed by atoms with Gasteiger partial charge in [0.25, 0.3) is 0 Å². The van der Waals surface area contributed by atoms with Crippen molar-refractivity contribution in [2.24, 2.45) is 0 Å². The summed E-state index contributed by atoms with van der Waals surface area (Å²) in [6, 6.07) is 0. The maximum Gasteiger partial charge on any atom is 0.491 e. The Labute approximate surface area is 73.2 Å². The van der Waals surface area contributed by atoms with Gasteiger partial charge in [-0.1, -0.05) is 13.8 Å². The van der Waals surface area contributed by atoms with Crippen molar-refractivity contribution >= 4 is 7.82 Å². The highest BCUT2D eigenvalue weighted by atomic mass is 31.2. The lowest BCUT2D eigenvalue weighted by Gasteiger charge is -2.21. The Morgan fingerprint density at radius 3 is 1.83 bits per heavy atom. The number of hydrogen-bond donors (Lipinski definition) is 0. The molecule has 0 amide bonds. The summed E-state index contributed by atoms with van der Waals surface area (Å²) < 4.78 is 25.5. The molecule has 0 aromatic carbocycles. The molecule has 0 heterocycles. The van der Waals surface area contributed by atoms with E-state index in [9.17, 15) is 4.57 Å². The van der Waals surface area contributed by atoms with Crippen LogP contribution in [0.25, 0.3) is 0 Å². The average Bonchev–Trinajstić information content (AvgIpc) is 2.14. The summed E-state index contributed by atoms with van der Waals surface area (Å²) in [7, 11) is -0.773. The summed E-state index contributed by atoms with van der Waals surface area (Å²) in [5.41, 5.74) is 0. The fraction of sp³-hybridized carbons (Fsp3) is 1.00. The summed E-state index contributed by atoms with van der Waals surface area (Å²) in [6.07, 6.45) is 0. The van der Waals surface area contributed by atoms with Crippen LogP contribution in [0.3, 0.4) is 0 Å². The highest BCUT2D eigenvalue weighted by molar-refractivity contribution is 7.48. The maximum atomic E-state index is 11.4. The number of phosphoric ester groups is 1. The summed E-state index contributed by atoms with van der Waals surface area (Å²) in [4.78, 5) is 0. The molecule has 0 aliphatic carbocycles. The molecule has 0 atom stereocenters. The first kappa shape index (κ1) is 12.1. The molecular weight excluding hydrogens is 181 g/mol. The van der Waals surface area contributed by atoms with E-state index in [1.807, 2.05) is 13.8 Å². The molecule has 12 heavy (non-hydrogen) atoms. The van der Waals surface area contributed by atoms with Crippen molar-refractivity contribution in [2.45, 2.75) is 13.8 Å². The normalized spacial score (nSPS) is 12.4. The zero-order chi connectivity index (χ0) is 9.61. The second-order valence-corrected chi connectivity index (χ2v) is 3.80. The van der Waals surface area contributed by atoms with Crippen LogP contribution >= 0.6 is 7.82 Å². The number of phosphoric acid groups is 1. The Balaban J connectivity index is 4.09. The van der Waals surface area contributed by atoms with Crippen LogP contribution in [0.15, 0.2) is 0 Å². The van der Waals surface area contributed by atoms with E-state index in [1.54, 1.807) is 0 Å². The maximum absolute atomic E-state index is 11.4. The largest absolute Gasteiger partial charge is 0.491 e. The average molecular weight is 197 g/mol. The Bertz CT molecular complexity index is 152. The van der Waals surface area contributed by atoms with Gasteiger partial charge in [-0.25, -0.2) is 4.57 Å². The van der Waals surface area contributed by atoms with Gasteiger partial charge in [0.05, 0.1) is 0 Å². The van der Waals surface area contributed by atoms with E-state index in [-0.39, 0.29) is 0 Å². The van der Waals surface area contributed by atoms with Crippen molar-refractivity contribution in [1.82, 2.24) is 5.06 Å². The highest BCUT2D eigenvalue weighted by Gasteiger charge is 2.25. The molecule has 0 bridgehead atoms. The van der Waals surface area contributed by atoms with Gasteiger partial charge in [0.15, 0.2) is 0 Å². The van der Waals surface area contributed by atoms with Crippen molar-refractivity contribution in [3.63, 3.8) is 0 Å². The molecule has 0 radical (unpaired) electrons. The molecule has 0 unspecified atom stereocenters. The molecule has 0 saturated carbocycles. The smallest absolute Gasteiger partial charge is 0.289 e. The molecule has 0 aromatic rings. The topological polar surface area (TPSA) is 48.0 Å². The van der Waals surface area contributed by atoms with Crippen LogP contribution in [-0.4, -0.2) is 32.4 Å². The predicted molar refractivity (Wildman–Crippen MR) is 45.6 cm³/mol. The van der Waals surface area contributed by atoms with Crippen molar-refractivity contribution < 1.29 is 18.2 Å². The van der Waals surface area contributed by atoms with Gasteiger partial charge in [0, 0.05) is 27.3 Å². The molecule has 0 aromatic heterocycles. The van der Waals surface area contributed by atoms with E-state index < -0.39 is 7.82 Å². The first-order valence-corrected chi connectivity index (χ1v) is 5.24. The third-order valence-corrected chi connectivity index (χ3v) is 2.69. The van der Waals surface area contributed by atoms with Crippen LogP contribution in [0.5, 0.6) is 0 Å². The van der Waals surface area contributed by atoms with Crippen LogP contribution in [0.1, 0.15) is 13.8 Å². The van der Waals surface area contributed by atoms with Crippen LogP contribution in [-0.2, 0) is 18.2 Å². The Morgan fingerprint density at radius 1 is 1.17 bits per heavy atom. The first-order valence-electron chi connectivity index (χ1n) is 3.78. The van der Waals surface area contributed by atoms with Crippen molar-refractivity contribution in [3.8, 4) is 0 Å². The zero-order valence-electron chi connectivity index (χ0n) is 7.94. The van der Waals surface area contributed by atoms with Crippen molar-refractivity contribution in [2.75, 3.05) is 27.3 Å². The summed E-state index contributed by atoms with van der Waals surface area (Å²) in [5, 5.41) is 1.51. The SMILES string of the molecule is CCN(CC)OP(=O)(OC)OC. The third kappa shape index (κ3) is 3.65. The van der Waals surface area contributed by atoms with E-state index in [1.165, 1.54) is 19.3 Å². The molecule has 74 valence electrons. The molecule has 0 spiro atoms. The first-order chi connectivity index (χ1) is 5.61. The monoisotopic (exact) mass is 197 g/mol. The molecule has 0 aliphatic rings. The number of rotatable bonds is 6. The van der Waals surface area contributed by atoms with Crippen LogP contribution < -0.4 is 0 Å². The van der Waals surface area contributed by atoms with Gasteiger partial charge >= 0.3 is 7.82 Å². The Hall–Kier alpha value is 0.0700. The number of hydrogen-bond acceptors (Lipinski definition) is 5. The number of nitrogens with zero attached hydrogens (tertiary/aromatic N) is 1. The summed E-state index contributed by atoms with van der Waals surface area (Å²) >= 11 is 0. The van der Waals surface area contributed by atoms with Gasteiger partial charge < -0.3 is 0 Å². The van der Waals surface area contributed by atoms with Gasteiger partial charge in [-0.3, -0.25) is 9.05 Å². The summed E-state index contributed by atoms with van der Waals surface area (Å²) in [5.74, 6) is 0. The van der Waals surface area contributed by atoms with Crippen LogP contribution in [0, 0.1) is 0 Å². The number of hydroxylamine groups is 2. The fourth-order valence-corrected chi connectivity index (χ4v) is 1.42. The standard InChI is InChI=1S/C6H16NO4P/c1-5-7(6-2)11-12(8,9-3)10-4/h5-6H2,1-4H3. The van der Waals surface area contributed by atoms with E-state index in [0.717, 1.165) is 0 Å². The minimum absolute atomic E-state index is 0.632. The third-order valence-electron chi connectivity index (χ3n) is 1.37. The van der Waals surface area contributed by atoms with Crippen molar-refractivity contribution in [1.29, 1.82) is 0 Å². The van der Waals surface area contributed by atoms with E-state index in [0.29, 0.717) is 13.1 Å². The molecular formula is C6H16NO4P. The molecule has 5 nitrogen and oxygen atoms in total. The molecule has 6 heteroatoms. The Morgan fingerprint density at radius 2 is 1.58 bits per heavy atom. The van der Waals surface area contributed by atoms with Gasteiger partial charge in [0.1, 0.15) is 0 Å². The quantitative estimate of drug-likeness (QED) is 0.478. The van der Waals surface area contributed by atoms with Gasteiger partial charge in [-0.05, 0) is 0 Å². The molecule has 0 aliphatic heterocycles. The minimum atomic E-state index is -3.34. The fourth-order valence-electron chi connectivity index (χ4n) is 0.622. The van der Waals surface area contributed by atoms with E-state index in [4.69, 9.17) is 4.62 Å². The van der Waals surface area contributed by atoms with Crippen LogP contribution in [0.4, 0.5) is 0 Å². The lowest BCUT2D eigenvalue weighted by atomic mass is 10.6. The second kappa shape index (κ2) is 5.67. The van der Waals surface area contributed by atoms with Gasteiger partial charge in [-0.15, -0.1) is 0 Å². The summed E-state index contributed by atoms with van der Waals surface area (Å²) in [6.45, 7) is 5.04. The Kier molecular flexibility index (Phi) is 5.70. The van der Waals surface area contributed by atoms with E-state index >= 15 is 0 Å². The second-order valence-electron chi connectivity index (χ2n) is 2.01. The predicted octanol–water partition coefficient (Wildman–Crippen LogP) is 1.66. The minimum Gasteiger partial charge on any atom is -0.289 e. The van der Waals surface area contributed by atoms with Gasteiger partial charge in [0.2, 0.25) is 0 Å². The lowest BCUT2D eigenvalue weighted by Crippen LogP contribution is -2.22. The lowest BCUT2D eigenvalue weighted by molar-refractivity contribution is -0.0790. The molecule has 0 rings (SSSR count). The van der Waals surface area contributed by atoms with E-state index in [2.05, 4.69) is 9.05 Å².